The molecule has 26 heavy (non-hydrogen) atoms. The fraction of sp³-hybridized carbons (Fsp3) is 0.857. The molecule has 2 heterocycles. The Morgan fingerprint density at radius 1 is 1.38 bits per heavy atom. The fourth-order valence-electron chi connectivity index (χ4n) is 6.78. The van der Waals surface area contributed by atoms with Crippen LogP contribution >= 0.6 is 0 Å². The van der Waals surface area contributed by atoms with Crippen molar-refractivity contribution in [2.24, 2.45) is 23.2 Å². The van der Waals surface area contributed by atoms with E-state index in [0.29, 0.717) is 24.9 Å². The number of methoxy groups -OCH3 is 1. The number of ether oxygens (including phenoxy) is 3. The van der Waals surface area contributed by atoms with Crippen LogP contribution in [-0.4, -0.2) is 55.1 Å². The number of rotatable bonds is 4. The summed E-state index contributed by atoms with van der Waals surface area (Å²) in [5.41, 5.74) is 0.524. The molecular weight excluding hydrogens is 332 g/mol. The SMILES string of the molecule is COC1C(C(C)C)CC2OC23C2(C)CCC(C=O)=C(CO)C2COC13C. The van der Waals surface area contributed by atoms with Crippen molar-refractivity contribution < 1.29 is 24.1 Å². The second-order valence-electron chi connectivity index (χ2n) is 9.36. The van der Waals surface area contributed by atoms with Crippen LogP contribution in [0, 0.1) is 23.2 Å². The highest BCUT2D eigenvalue weighted by molar-refractivity contribution is 5.75. The predicted octanol–water partition coefficient (Wildman–Crippen LogP) is 2.51. The summed E-state index contributed by atoms with van der Waals surface area (Å²) in [6.07, 6.45) is 3.62. The van der Waals surface area contributed by atoms with Crippen molar-refractivity contribution in [3.63, 3.8) is 0 Å². The second kappa shape index (κ2) is 5.87. The van der Waals surface area contributed by atoms with E-state index in [2.05, 4.69) is 27.7 Å². The Balaban J connectivity index is 1.80. The highest BCUT2D eigenvalue weighted by Crippen LogP contribution is 2.72. The molecule has 3 fully saturated rings. The summed E-state index contributed by atoms with van der Waals surface area (Å²) >= 11 is 0. The molecule has 2 aliphatic heterocycles. The van der Waals surface area contributed by atoms with Gasteiger partial charge in [-0.3, -0.25) is 4.79 Å². The summed E-state index contributed by atoms with van der Waals surface area (Å²) in [6.45, 7) is 9.34. The molecule has 1 spiro atoms. The summed E-state index contributed by atoms with van der Waals surface area (Å²) < 4.78 is 19.1. The van der Waals surface area contributed by atoms with Crippen LogP contribution in [0.2, 0.25) is 0 Å². The lowest BCUT2D eigenvalue weighted by atomic mass is 9.49. The van der Waals surface area contributed by atoms with Crippen LogP contribution in [-0.2, 0) is 19.0 Å². The van der Waals surface area contributed by atoms with Gasteiger partial charge in [-0.05, 0) is 49.2 Å². The van der Waals surface area contributed by atoms with E-state index in [1.807, 2.05) is 0 Å². The molecule has 7 unspecified atom stereocenters. The van der Waals surface area contributed by atoms with Crippen molar-refractivity contribution in [1.82, 2.24) is 0 Å². The van der Waals surface area contributed by atoms with E-state index < -0.39 is 11.2 Å². The third kappa shape index (κ3) is 1.98. The zero-order valence-electron chi connectivity index (χ0n) is 16.6. The molecule has 146 valence electrons. The summed E-state index contributed by atoms with van der Waals surface area (Å²) in [5, 5.41) is 9.98. The Hall–Kier alpha value is -0.750. The molecule has 2 aliphatic carbocycles. The minimum Gasteiger partial charge on any atom is -0.392 e. The van der Waals surface area contributed by atoms with E-state index >= 15 is 0 Å². The maximum Gasteiger partial charge on any atom is 0.146 e. The number of aldehydes is 1. The number of allylic oxidation sites excluding steroid dienone is 1. The average molecular weight is 364 g/mol. The molecule has 5 nitrogen and oxygen atoms in total. The van der Waals surface area contributed by atoms with Gasteiger partial charge in [0.05, 0.1) is 25.4 Å². The standard InChI is InChI=1S/C21H32O5/c1-12(2)14-8-17-21(26-17)19(3)7-6-13(9-22)15(10-23)16(19)11-25-20(21,4)18(14)24-5/h9,12,14,16-18,23H,6-8,10-11H2,1-5H3. The Bertz CT molecular complexity index is 642. The molecule has 0 aromatic carbocycles. The largest absolute Gasteiger partial charge is 0.392 e. The summed E-state index contributed by atoms with van der Waals surface area (Å²) in [7, 11) is 1.78. The minimum atomic E-state index is -0.510. The fourth-order valence-corrected chi connectivity index (χ4v) is 6.78. The van der Waals surface area contributed by atoms with Gasteiger partial charge in [-0.15, -0.1) is 0 Å². The molecule has 1 N–H and O–H groups in total. The number of aliphatic hydroxyl groups is 1. The third-order valence-corrected chi connectivity index (χ3v) is 8.22. The third-order valence-electron chi connectivity index (χ3n) is 8.22. The Kier molecular flexibility index (Phi) is 4.20. The van der Waals surface area contributed by atoms with Crippen molar-refractivity contribution in [1.29, 1.82) is 0 Å². The van der Waals surface area contributed by atoms with Gasteiger partial charge in [0.1, 0.15) is 17.5 Å². The summed E-state index contributed by atoms with van der Waals surface area (Å²) in [6, 6.07) is 0. The number of hydrogen-bond donors (Lipinski definition) is 1. The number of hydrogen-bond acceptors (Lipinski definition) is 5. The van der Waals surface area contributed by atoms with E-state index in [-0.39, 0.29) is 30.1 Å². The molecule has 0 aromatic heterocycles. The summed E-state index contributed by atoms with van der Waals surface area (Å²) in [4.78, 5) is 11.5. The average Bonchev–Trinajstić information content (AvgIpc) is 3.36. The number of carbonyl (C=O) groups is 1. The second-order valence-corrected chi connectivity index (χ2v) is 9.36. The highest BCUT2D eigenvalue weighted by Gasteiger charge is 2.83. The van der Waals surface area contributed by atoms with E-state index in [9.17, 15) is 9.90 Å². The van der Waals surface area contributed by atoms with Crippen molar-refractivity contribution in [2.45, 2.75) is 70.4 Å². The number of aliphatic hydroxyl groups excluding tert-OH is 1. The quantitative estimate of drug-likeness (QED) is 0.613. The smallest absolute Gasteiger partial charge is 0.146 e. The first-order valence-corrected chi connectivity index (χ1v) is 9.93. The lowest BCUT2D eigenvalue weighted by molar-refractivity contribution is -0.261. The Labute approximate surface area is 156 Å². The highest BCUT2D eigenvalue weighted by atomic mass is 16.7. The number of epoxide rings is 1. The molecule has 4 rings (SSSR count). The first-order chi connectivity index (χ1) is 12.3. The van der Waals surface area contributed by atoms with Gasteiger partial charge in [0.15, 0.2) is 0 Å². The number of carbonyl (C=O) groups excluding carboxylic acids is 1. The maximum absolute atomic E-state index is 11.5. The topological polar surface area (TPSA) is 68.3 Å². The molecule has 2 saturated heterocycles. The van der Waals surface area contributed by atoms with Gasteiger partial charge >= 0.3 is 0 Å². The van der Waals surface area contributed by atoms with Gasteiger partial charge in [-0.2, -0.15) is 0 Å². The molecule has 7 atom stereocenters. The molecule has 4 aliphatic rings. The van der Waals surface area contributed by atoms with E-state index in [4.69, 9.17) is 14.2 Å². The van der Waals surface area contributed by atoms with Crippen LogP contribution in [0.5, 0.6) is 0 Å². The molecule has 0 amide bonds. The first kappa shape index (κ1) is 18.6. The molecule has 5 heteroatoms. The first-order valence-electron chi connectivity index (χ1n) is 9.93. The molecule has 0 radical (unpaired) electrons. The van der Waals surface area contributed by atoms with E-state index in [1.54, 1.807) is 7.11 Å². The van der Waals surface area contributed by atoms with Crippen LogP contribution < -0.4 is 0 Å². The van der Waals surface area contributed by atoms with Crippen LogP contribution in [0.1, 0.15) is 47.0 Å². The molecule has 0 bridgehead atoms. The van der Waals surface area contributed by atoms with Crippen LogP contribution in [0.4, 0.5) is 0 Å². The monoisotopic (exact) mass is 364 g/mol. The van der Waals surface area contributed by atoms with Gasteiger partial charge in [-0.25, -0.2) is 0 Å². The lowest BCUT2D eigenvalue weighted by Crippen LogP contribution is -2.72. The minimum absolute atomic E-state index is 0.0203. The van der Waals surface area contributed by atoms with E-state index in [1.165, 1.54) is 0 Å². The van der Waals surface area contributed by atoms with Crippen molar-refractivity contribution >= 4 is 6.29 Å². The van der Waals surface area contributed by atoms with Crippen molar-refractivity contribution in [3.8, 4) is 0 Å². The van der Waals surface area contributed by atoms with E-state index in [0.717, 1.165) is 30.3 Å². The Morgan fingerprint density at radius 2 is 2.12 bits per heavy atom. The zero-order chi connectivity index (χ0) is 18.9. The predicted molar refractivity (Wildman–Crippen MR) is 96.7 cm³/mol. The normalized spacial score (nSPS) is 50.1. The van der Waals surface area contributed by atoms with Gasteiger partial charge < -0.3 is 19.3 Å². The lowest BCUT2D eigenvalue weighted by Gasteiger charge is -2.61. The van der Waals surface area contributed by atoms with Crippen molar-refractivity contribution in [2.75, 3.05) is 20.3 Å². The molecule has 0 aromatic rings. The maximum atomic E-state index is 11.5. The van der Waals surface area contributed by atoms with Crippen LogP contribution in [0.15, 0.2) is 11.1 Å². The molecule has 1 saturated carbocycles. The van der Waals surface area contributed by atoms with Crippen LogP contribution in [0.3, 0.4) is 0 Å². The van der Waals surface area contributed by atoms with Gasteiger partial charge in [0.2, 0.25) is 0 Å². The Morgan fingerprint density at radius 3 is 2.69 bits per heavy atom. The van der Waals surface area contributed by atoms with Gasteiger partial charge in [-0.1, -0.05) is 20.8 Å². The van der Waals surface area contributed by atoms with Gasteiger partial charge in [0, 0.05) is 18.4 Å². The van der Waals surface area contributed by atoms with Crippen molar-refractivity contribution in [3.05, 3.63) is 11.1 Å². The zero-order valence-corrected chi connectivity index (χ0v) is 16.6. The van der Waals surface area contributed by atoms with Gasteiger partial charge in [0.25, 0.3) is 0 Å². The number of fused-ring (bicyclic) bond motifs is 1. The van der Waals surface area contributed by atoms with Crippen LogP contribution in [0.25, 0.3) is 0 Å². The molecular formula is C21H32O5. The summed E-state index contributed by atoms with van der Waals surface area (Å²) in [5.74, 6) is 0.911.